The number of aromatic nitrogens is 2. The number of anilines is 3. The summed E-state index contributed by atoms with van der Waals surface area (Å²) in [6, 6.07) is 12.7. The summed E-state index contributed by atoms with van der Waals surface area (Å²) >= 11 is 7.16. The van der Waals surface area contributed by atoms with Crippen LogP contribution in [0.3, 0.4) is 0 Å². The molecule has 0 amide bonds. The van der Waals surface area contributed by atoms with Gasteiger partial charge in [-0.25, -0.2) is 18.1 Å². The fraction of sp³-hybridized carbons (Fsp3) is 0.360. The van der Waals surface area contributed by atoms with Crippen molar-refractivity contribution < 1.29 is 14.2 Å². The molecule has 1 aromatic heterocycles. The van der Waals surface area contributed by atoms with Crippen LogP contribution in [-0.2, 0) is 9.47 Å². The number of nitrogens with two attached hydrogens (primary N) is 1. The molecule has 2 N–H and O–H groups in total. The Bertz CT molecular complexity index is 1330. The maximum Gasteiger partial charge on any atom is 0.301 e. The van der Waals surface area contributed by atoms with Crippen LogP contribution in [-0.4, -0.2) is 60.0 Å². The third kappa shape index (κ3) is 5.04. The second-order valence-electron chi connectivity index (χ2n) is 8.94. The van der Waals surface area contributed by atoms with Crippen LogP contribution in [0.1, 0.15) is 18.4 Å². The summed E-state index contributed by atoms with van der Waals surface area (Å²) in [7, 11) is 1.99. The highest BCUT2D eigenvalue weighted by Crippen LogP contribution is 2.36. The zero-order valence-corrected chi connectivity index (χ0v) is 23.1. The van der Waals surface area contributed by atoms with Crippen molar-refractivity contribution in [2.45, 2.75) is 25.4 Å². The van der Waals surface area contributed by atoms with Crippen LogP contribution < -0.4 is 18.5 Å². The molecule has 2 aliphatic rings. The SMILES string of the molecule is Cc1cc(N(C)c2ncnc3ccc(N(I)C4=NCC5(CCOCC5)O4)cc23)ccc1OCC(N)=S. The summed E-state index contributed by atoms with van der Waals surface area (Å²) < 4.78 is 19.5. The maximum absolute atomic E-state index is 6.34. The number of benzene rings is 2. The van der Waals surface area contributed by atoms with Crippen molar-refractivity contribution in [3.05, 3.63) is 48.3 Å². The zero-order valence-electron chi connectivity index (χ0n) is 20.1. The molecule has 0 radical (unpaired) electrons. The molecular formula is C25H27IN6O3S. The minimum Gasteiger partial charge on any atom is -0.486 e. The summed E-state index contributed by atoms with van der Waals surface area (Å²) in [4.78, 5) is 16.2. The van der Waals surface area contributed by atoms with Crippen molar-refractivity contribution in [2.24, 2.45) is 10.7 Å². The Morgan fingerprint density at radius 1 is 1.17 bits per heavy atom. The molecule has 9 nitrogen and oxygen atoms in total. The number of aliphatic imine (C=N–C) groups is 1. The normalized spacial score (nSPS) is 16.5. The average Bonchev–Trinajstić information content (AvgIpc) is 3.29. The van der Waals surface area contributed by atoms with E-state index in [0.29, 0.717) is 30.8 Å². The number of nitrogens with zero attached hydrogens (tertiary/aromatic N) is 5. The molecule has 1 spiro atoms. The minimum absolute atomic E-state index is 0.210. The van der Waals surface area contributed by atoms with E-state index in [1.54, 1.807) is 6.33 Å². The topological polar surface area (TPSA) is 98.3 Å². The highest BCUT2D eigenvalue weighted by molar-refractivity contribution is 14.1. The van der Waals surface area contributed by atoms with Gasteiger partial charge in [0.1, 0.15) is 35.1 Å². The molecule has 11 heteroatoms. The van der Waals surface area contributed by atoms with Gasteiger partial charge in [0, 0.05) is 31.0 Å². The second kappa shape index (κ2) is 10.3. The van der Waals surface area contributed by atoms with Crippen molar-refractivity contribution in [2.75, 3.05) is 41.4 Å². The fourth-order valence-electron chi connectivity index (χ4n) is 4.38. The van der Waals surface area contributed by atoms with Gasteiger partial charge in [-0.1, -0.05) is 12.2 Å². The zero-order chi connectivity index (χ0) is 25.3. The van der Waals surface area contributed by atoms with Crippen LogP contribution in [0.5, 0.6) is 5.75 Å². The lowest BCUT2D eigenvalue weighted by Gasteiger charge is -2.32. The van der Waals surface area contributed by atoms with Gasteiger partial charge >= 0.3 is 6.02 Å². The quantitative estimate of drug-likeness (QED) is 0.244. The molecule has 36 heavy (non-hydrogen) atoms. The van der Waals surface area contributed by atoms with E-state index < -0.39 is 0 Å². The number of ether oxygens (including phenoxy) is 3. The number of rotatable bonds is 6. The number of amidine groups is 1. The monoisotopic (exact) mass is 618 g/mol. The van der Waals surface area contributed by atoms with E-state index in [9.17, 15) is 0 Å². The molecule has 0 unspecified atom stereocenters. The van der Waals surface area contributed by atoms with Crippen LogP contribution in [0.25, 0.3) is 10.9 Å². The first-order valence-corrected chi connectivity index (χ1v) is 13.0. The lowest BCUT2D eigenvalue weighted by Crippen LogP contribution is -2.41. The van der Waals surface area contributed by atoms with Gasteiger partial charge in [0.05, 0.1) is 53.8 Å². The Labute approximate surface area is 229 Å². The standard InChI is InChI=1S/C25H27IN6O3S/c1-16-11-17(4-6-21(16)34-13-22(27)36)31(2)23-19-12-18(3-5-20(19)29-15-30-23)32(26)24-28-14-25(35-24)7-9-33-10-8-25/h3-6,11-12,15H,7-10,13-14H2,1-2H3,(H2,27,36). The predicted molar refractivity (Wildman–Crippen MR) is 154 cm³/mol. The number of hydrogen-bond donors (Lipinski definition) is 1. The average molecular weight is 619 g/mol. The first-order chi connectivity index (χ1) is 17.3. The lowest BCUT2D eigenvalue weighted by molar-refractivity contribution is -0.0364. The van der Waals surface area contributed by atoms with E-state index >= 15 is 0 Å². The number of thiocarbonyl (C=S) groups is 1. The van der Waals surface area contributed by atoms with Crippen molar-refractivity contribution >= 4 is 74.2 Å². The Morgan fingerprint density at radius 2 is 1.94 bits per heavy atom. The van der Waals surface area contributed by atoms with Gasteiger partial charge in [-0.3, -0.25) is 0 Å². The summed E-state index contributed by atoms with van der Waals surface area (Å²) in [5, 5.41) is 0.921. The van der Waals surface area contributed by atoms with E-state index in [1.165, 1.54) is 0 Å². The van der Waals surface area contributed by atoms with Gasteiger partial charge in [-0.15, -0.1) is 0 Å². The van der Waals surface area contributed by atoms with Crippen LogP contribution >= 0.6 is 35.1 Å². The highest BCUT2D eigenvalue weighted by atomic mass is 127. The Morgan fingerprint density at radius 3 is 2.69 bits per heavy atom. The number of aryl methyl sites for hydroxylation is 1. The molecule has 2 aliphatic heterocycles. The van der Waals surface area contributed by atoms with Gasteiger partial charge in [0.25, 0.3) is 0 Å². The minimum atomic E-state index is -0.245. The number of fused-ring (bicyclic) bond motifs is 1. The van der Waals surface area contributed by atoms with Gasteiger partial charge in [0.15, 0.2) is 0 Å². The molecule has 0 atom stereocenters. The predicted octanol–water partition coefficient (Wildman–Crippen LogP) is 4.46. The third-order valence-electron chi connectivity index (χ3n) is 6.44. The Kier molecular flexibility index (Phi) is 7.13. The van der Waals surface area contributed by atoms with Crippen LogP contribution in [0.2, 0.25) is 0 Å². The van der Waals surface area contributed by atoms with E-state index in [1.807, 2.05) is 52.3 Å². The van der Waals surface area contributed by atoms with Crippen molar-refractivity contribution in [1.82, 2.24) is 9.97 Å². The third-order valence-corrected chi connectivity index (χ3v) is 7.53. The summed E-state index contributed by atoms with van der Waals surface area (Å²) in [5.74, 6) is 1.54. The first-order valence-electron chi connectivity index (χ1n) is 11.6. The largest absolute Gasteiger partial charge is 0.486 e. The molecule has 0 bridgehead atoms. The summed E-state index contributed by atoms with van der Waals surface area (Å²) in [6.07, 6.45) is 3.29. The second-order valence-corrected chi connectivity index (χ2v) is 10.4. The van der Waals surface area contributed by atoms with Gasteiger partial charge in [0.2, 0.25) is 0 Å². The van der Waals surface area contributed by atoms with Crippen LogP contribution in [0.15, 0.2) is 47.7 Å². The molecule has 188 valence electrons. The maximum atomic E-state index is 6.34. The van der Waals surface area contributed by atoms with E-state index in [2.05, 4.69) is 38.9 Å². The lowest BCUT2D eigenvalue weighted by atomic mass is 9.95. The van der Waals surface area contributed by atoms with Crippen molar-refractivity contribution in [1.29, 1.82) is 0 Å². The number of halogens is 1. The number of hydrogen-bond acceptors (Lipinski definition) is 9. The molecule has 3 aromatic rings. The van der Waals surface area contributed by atoms with Crippen molar-refractivity contribution in [3.63, 3.8) is 0 Å². The van der Waals surface area contributed by atoms with E-state index in [4.69, 9.17) is 37.2 Å². The first kappa shape index (κ1) is 24.9. The molecule has 1 fully saturated rings. The van der Waals surface area contributed by atoms with Gasteiger partial charge < -0.3 is 24.8 Å². The molecule has 0 saturated carbocycles. The molecule has 2 aromatic carbocycles. The van der Waals surface area contributed by atoms with E-state index in [0.717, 1.165) is 52.3 Å². The molecule has 0 aliphatic carbocycles. The summed E-state index contributed by atoms with van der Waals surface area (Å²) in [5.41, 5.74) is 9.06. The molecule has 1 saturated heterocycles. The smallest absolute Gasteiger partial charge is 0.301 e. The fourth-order valence-corrected chi connectivity index (χ4v) is 4.99. The molecular weight excluding hydrogens is 591 g/mol. The molecule has 3 heterocycles. The Hall–Kier alpha value is -2.77. The molecule has 5 rings (SSSR count). The van der Waals surface area contributed by atoms with Gasteiger partial charge in [-0.05, 0) is 48.9 Å². The van der Waals surface area contributed by atoms with Crippen LogP contribution in [0, 0.1) is 6.92 Å². The summed E-state index contributed by atoms with van der Waals surface area (Å²) in [6.45, 7) is 4.28. The van der Waals surface area contributed by atoms with Gasteiger partial charge in [-0.2, -0.15) is 0 Å². The highest BCUT2D eigenvalue weighted by Gasteiger charge is 2.41. The Balaban J connectivity index is 1.41. The van der Waals surface area contributed by atoms with Crippen molar-refractivity contribution in [3.8, 4) is 5.75 Å². The van der Waals surface area contributed by atoms with E-state index in [-0.39, 0.29) is 12.2 Å². The van der Waals surface area contributed by atoms with Crippen LogP contribution in [0.4, 0.5) is 17.2 Å².